The second kappa shape index (κ2) is 23.6. The summed E-state index contributed by atoms with van der Waals surface area (Å²) in [5.74, 6) is -5.69. The molecule has 0 saturated carbocycles. The Morgan fingerprint density at radius 1 is 0.839 bits per heavy atom. The van der Waals surface area contributed by atoms with Gasteiger partial charge in [-0.1, -0.05) is 31.2 Å². The van der Waals surface area contributed by atoms with Crippen molar-refractivity contribution in [1.29, 1.82) is 0 Å². The van der Waals surface area contributed by atoms with Gasteiger partial charge in [-0.15, -0.1) is 0 Å². The van der Waals surface area contributed by atoms with Gasteiger partial charge < -0.3 is 76.2 Å². The number of hydrogen-bond donors (Lipinski definition) is 11. The predicted molar refractivity (Wildman–Crippen MR) is 205 cm³/mol. The smallest absolute Gasteiger partial charge is 0.429 e. The Labute approximate surface area is 352 Å². The van der Waals surface area contributed by atoms with E-state index in [0.717, 1.165) is 12.1 Å². The van der Waals surface area contributed by atoms with Gasteiger partial charge in [-0.3, -0.25) is 34.1 Å². The lowest BCUT2D eigenvalue weighted by Gasteiger charge is -2.42. The third-order valence-corrected chi connectivity index (χ3v) is 9.55. The number of carbonyl (C=O) groups excluding carboxylic acids is 6. The average molecular weight is 883 g/mol. The van der Waals surface area contributed by atoms with Crippen LogP contribution in [0.2, 0.25) is 0 Å². The molecular formula is C38H50N4O20. The number of primary amides is 1. The molecule has 1 saturated heterocycles. The standard InChI is InChI=1S/C38H50N4O20/c1-17(11-24(45)18(2)40-36(55)32(52)31(51)34(26(47)14-43)62-37-33(53)30(50)29(49)27(15-44)61-37)35(54)41-23(13-28(39)48)25(46)12-19-3-5-20(6-4-19)16-59-38(56)60-22-9-7-21(8-10-22)42(57)58/h3-10,17-18,23,26-27,29-34,37,43-44,47,49-53H,11-16H2,1-2H3,(H2,39,48)(H,40,55)(H,41,54)/t17?,18?,23?,26-,27-,29+,30+,31+,32-,33-,34+,37+/m1/s1. The number of hydrogen-bond acceptors (Lipinski definition) is 20. The van der Waals surface area contributed by atoms with Crippen molar-refractivity contribution in [3.8, 4) is 5.75 Å². The molecule has 3 unspecified atom stereocenters. The molecule has 1 fully saturated rings. The number of nitro groups is 1. The Balaban J connectivity index is 1.53. The molecule has 342 valence electrons. The number of aliphatic hydroxyl groups is 8. The van der Waals surface area contributed by atoms with Crippen molar-refractivity contribution in [1.82, 2.24) is 10.6 Å². The number of ketones is 2. The van der Waals surface area contributed by atoms with Crippen molar-refractivity contribution < 1.29 is 93.5 Å². The van der Waals surface area contributed by atoms with Crippen LogP contribution in [0.1, 0.15) is 37.8 Å². The summed E-state index contributed by atoms with van der Waals surface area (Å²) < 4.78 is 20.4. The van der Waals surface area contributed by atoms with Crippen LogP contribution in [-0.2, 0) is 51.2 Å². The Hall–Kier alpha value is -5.54. The molecule has 2 aromatic carbocycles. The zero-order chi connectivity index (χ0) is 46.4. The van der Waals surface area contributed by atoms with E-state index in [1.807, 2.05) is 0 Å². The first-order valence-electron chi connectivity index (χ1n) is 18.9. The maximum atomic E-state index is 13.2. The van der Waals surface area contributed by atoms with Crippen molar-refractivity contribution in [3.63, 3.8) is 0 Å². The van der Waals surface area contributed by atoms with Gasteiger partial charge in [-0.05, 0) is 30.2 Å². The third-order valence-electron chi connectivity index (χ3n) is 9.55. The van der Waals surface area contributed by atoms with Crippen LogP contribution in [-0.4, -0.2) is 162 Å². The Bertz CT molecular complexity index is 1860. The van der Waals surface area contributed by atoms with E-state index in [9.17, 15) is 79.7 Å². The van der Waals surface area contributed by atoms with Gasteiger partial charge in [0, 0.05) is 30.9 Å². The number of non-ortho nitro benzene ring substituents is 1. The van der Waals surface area contributed by atoms with Crippen molar-refractivity contribution in [2.75, 3.05) is 13.2 Å². The van der Waals surface area contributed by atoms with Crippen molar-refractivity contribution in [2.24, 2.45) is 11.7 Å². The highest BCUT2D eigenvalue weighted by Crippen LogP contribution is 2.25. The molecule has 24 nitrogen and oxygen atoms in total. The van der Waals surface area contributed by atoms with E-state index in [2.05, 4.69) is 10.6 Å². The highest BCUT2D eigenvalue weighted by molar-refractivity contribution is 5.96. The van der Waals surface area contributed by atoms with E-state index in [4.69, 9.17) is 24.7 Å². The summed E-state index contributed by atoms with van der Waals surface area (Å²) >= 11 is 0. The fraction of sp³-hybridized carbons (Fsp3) is 0.526. The molecule has 24 heteroatoms. The van der Waals surface area contributed by atoms with Gasteiger partial charge in [-0.25, -0.2) is 4.79 Å². The highest BCUT2D eigenvalue weighted by atomic mass is 16.7. The Morgan fingerprint density at radius 3 is 2.02 bits per heavy atom. The zero-order valence-corrected chi connectivity index (χ0v) is 33.3. The summed E-state index contributed by atoms with van der Waals surface area (Å²) in [6.07, 6.45) is -20.6. The second-order valence-corrected chi connectivity index (χ2v) is 14.4. The normalized spacial score (nSPS) is 22.1. The number of nitrogens with one attached hydrogen (secondary N) is 2. The third kappa shape index (κ3) is 14.5. The van der Waals surface area contributed by atoms with Crippen molar-refractivity contribution in [2.45, 2.75) is 107 Å². The number of Topliss-reactive ketones (excluding diaryl/α,β-unsaturated/α-hetero) is 2. The minimum absolute atomic E-state index is 0.0153. The van der Waals surface area contributed by atoms with Crippen LogP contribution in [0.4, 0.5) is 10.5 Å². The minimum atomic E-state index is -2.47. The molecule has 12 atom stereocenters. The van der Waals surface area contributed by atoms with Crippen LogP contribution in [0.5, 0.6) is 5.75 Å². The largest absolute Gasteiger partial charge is 0.514 e. The molecule has 0 radical (unpaired) electrons. The number of benzene rings is 2. The van der Waals surface area contributed by atoms with Gasteiger partial charge in [-0.2, -0.15) is 0 Å². The van der Waals surface area contributed by atoms with E-state index < -0.39 is 140 Å². The maximum Gasteiger partial charge on any atom is 0.514 e. The van der Waals surface area contributed by atoms with E-state index >= 15 is 0 Å². The Kier molecular flexibility index (Phi) is 19.4. The van der Waals surface area contributed by atoms with Crippen LogP contribution in [0.25, 0.3) is 0 Å². The average Bonchev–Trinajstić information content (AvgIpc) is 3.23. The molecule has 0 aliphatic carbocycles. The number of nitrogens with zero attached hydrogens (tertiary/aromatic N) is 1. The van der Waals surface area contributed by atoms with E-state index in [-0.39, 0.29) is 24.5 Å². The van der Waals surface area contributed by atoms with Crippen LogP contribution < -0.4 is 21.1 Å². The summed E-state index contributed by atoms with van der Waals surface area (Å²) in [5, 5.41) is 96.0. The van der Waals surface area contributed by atoms with Crippen LogP contribution in [0.3, 0.4) is 0 Å². The Morgan fingerprint density at radius 2 is 1.45 bits per heavy atom. The number of nitro benzene ring substituents is 1. The van der Waals surface area contributed by atoms with Crippen molar-refractivity contribution in [3.05, 3.63) is 69.8 Å². The minimum Gasteiger partial charge on any atom is -0.429 e. The van der Waals surface area contributed by atoms with Gasteiger partial charge in [0.15, 0.2) is 24.0 Å². The molecule has 12 N–H and O–H groups in total. The van der Waals surface area contributed by atoms with Gasteiger partial charge in [0.25, 0.3) is 11.6 Å². The fourth-order valence-corrected chi connectivity index (χ4v) is 5.86. The molecule has 0 spiro atoms. The predicted octanol–water partition coefficient (Wildman–Crippen LogP) is -3.86. The molecule has 1 aliphatic heterocycles. The monoisotopic (exact) mass is 882 g/mol. The number of amides is 3. The molecule has 62 heavy (non-hydrogen) atoms. The summed E-state index contributed by atoms with van der Waals surface area (Å²) in [4.78, 5) is 86.2. The summed E-state index contributed by atoms with van der Waals surface area (Å²) in [5.41, 5.74) is 6.05. The number of rotatable bonds is 23. The number of ether oxygens (including phenoxy) is 4. The van der Waals surface area contributed by atoms with Gasteiger partial charge in [0.05, 0.1) is 36.6 Å². The summed E-state index contributed by atoms with van der Waals surface area (Å²) in [7, 11) is 0. The molecule has 1 aliphatic rings. The molecule has 0 aromatic heterocycles. The SMILES string of the molecule is CC(CC(=O)C(C)NC(=O)[C@H](O)[C@H](O)[C@@H](O[C@@H]1O[C@H](CO)[C@H](O)[C@H](O)[C@H]1O)[C@H](O)CO)C(=O)NC(CC(N)=O)C(=O)Cc1ccc(COC(=O)Oc2ccc([N+](=O)[O-])cc2)cc1. The molecule has 1 heterocycles. The maximum absolute atomic E-state index is 13.2. The second-order valence-electron chi connectivity index (χ2n) is 14.4. The molecule has 0 bridgehead atoms. The van der Waals surface area contributed by atoms with Crippen LogP contribution in [0.15, 0.2) is 48.5 Å². The van der Waals surface area contributed by atoms with Gasteiger partial charge >= 0.3 is 6.16 Å². The molecule has 3 amide bonds. The first-order chi connectivity index (χ1) is 29.2. The van der Waals surface area contributed by atoms with Crippen LogP contribution in [0, 0.1) is 16.0 Å². The van der Waals surface area contributed by atoms with Crippen molar-refractivity contribution >= 4 is 41.1 Å². The number of aliphatic hydroxyl groups excluding tert-OH is 8. The quantitative estimate of drug-likeness (QED) is 0.0220. The summed E-state index contributed by atoms with van der Waals surface area (Å²) in [6, 6.07) is 8.03. The lowest BCUT2D eigenvalue weighted by Crippen LogP contribution is -2.62. The lowest BCUT2D eigenvalue weighted by atomic mass is 9.96. The topological polar surface area (TPSA) is 394 Å². The summed E-state index contributed by atoms with van der Waals surface area (Å²) in [6.45, 7) is 0.278. The van der Waals surface area contributed by atoms with Crippen LogP contribution >= 0.6 is 0 Å². The van der Waals surface area contributed by atoms with E-state index in [0.29, 0.717) is 11.1 Å². The molecule has 2 aromatic rings. The lowest BCUT2D eigenvalue weighted by molar-refractivity contribution is -0.384. The van der Waals surface area contributed by atoms with Gasteiger partial charge in [0.2, 0.25) is 11.8 Å². The number of carbonyl (C=O) groups is 6. The fourth-order valence-electron chi connectivity index (χ4n) is 5.86. The highest BCUT2D eigenvalue weighted by Gasteiger charge is 2.47. The first-order valence-corrected chi connectivity index (χ1v) is 18.9. The molecular weight excluding hydrogens is 832 g/mol. The number of nitrogens with two attached hydrogens (primary N) is 1. The van der Waals surface area contributed by atoms with E-state index in [1.54, 1.807) is 0 Å². The van der Waals surface area contributed by atoms with E-state index in [1.165, 1.54) is 50.2 Å². The molecule has 3 rings (SSSR count). The first kappa shape index (κ1) is 50.8. The zero-order valence-electron chi connectivity index (χ0n) is 33.3. The van der Waals surface area contributed by atoms with Gasteiger partial charge in [0.1, 0.15) is 55.1 Å².